The molecule has 1 N–H and O–H groups in total. The van der Waals surface area contributed by atoms with Gasteiger partial charge in [0, 0.05) is 0 Å². The van der Waals surface area contributed by atoms with Crippen molar-refractivity contribution in [3.8, 4) is 0 Å². The molecule has 0 unspecified atom stereocenters. The van der Waals surface area contributed by atoms with Crippen molar-refractivity contribution in [3.05, 3.63) is 71.8 Å². The number of hydrogen-bond donors (Lipinski definition) is 1. The zero-order valence-corrected chi connectivity index (χ0v) is 9.41. The van der Waals surface area contributed by atoms with E-state index in [1.54, 1.807) is 0 Å². The van der Waals surface area contributed by atoms with Crippen molar-refractivity contribution in [1.82, 2.24) is 0 Å². The highest BCUT2D eigenvalue weighted by molar-refractivity contribution is 5.33. The van der Waals surface area contributed by atoms with Gasteiger partial charge < -0.3 is 9.84 Å². The smallest absolute Gasteiger partial charge is 0.146 e. The maximum absolute atomic E-state index is 10.4. The van der Waals surface area contributed by atoms with E-state index in [9.17, 15) is 5.11 Å². The number of aliphatic hydroxyl groups is 1. The summed E-state index contributed by atoms with van der Waals surface area (Å²) in [7, 11) is 0. The minimum atomic E-state index is -0.605. The summed E-state index contributed by atoms with van der Waals surface area (Å²) < 4.78 is 5.55. The number of rotatable bonds is 3. The zero-order valence-electron chi connectivity index (χ0n) is 9.41. The van der Waals surface area contributed by atoms with E-state index in [1.165, 1.54) is 0 Å². The van der Waals surface area contributed by atoms with Crippen LogP contribution in [0.25, 0.3) is 0 Å². The first kappa shape index (κ1) is 10.5. The van der Waals surface area contributed by atoms with Crippen LogP contribution in [-0.4, -0.2) is 11.7 Å². The SMILES string of the molecule is O[C@@H](c1ccccc1)[C@]1(c2ccccc2)CO1. The van der Waals surface area contributed by atoms with Gasteiger partial charge in [-0.15, -0.1) is 0 Å². The summed E-state index contributed by atoms with van der Waals surface area (Å²) in [4.78, 5) is 0. The molecule has 3 rings (SSSR count). The largest absolute Gasteiger partial charge is 0.385 e. The predicted molar refractivity (Wildman–Crippen MR) is 65.5 cm³/mol. The number of benzene rings is 2. The fourth-order valence-electron chi connectivity index (χ4n) is 2.18. The average Bonchev–Trinajstić information content (AvgIpc) is 3.21. The van der Waals surface area contributed by atoms with Gasteiger partial charge in [0.15, 0.2) is 0 Å². The van der Waals surface area contributed by atoms with Gasteiger partial charge in [-0.05, 0) is 11.1 Å². The third-order valence-electron chi connectivity index (χ3n) is 3.27. The molecular formula is C15H14O2. The lowest BCUT2D eigenvalue weighted by molar-refractivity contribution is 0.0730. The van der Waals surface area contributed by atoms with Crippen LogP contribution in [0.5, 0.6) is 0 Å². The minimum absolute atomic E-state index is 0.539. The monoisotopic (exact) mass is 226 g/mol. The summed E-state index contributed by atoms with van der Waals surface area (Å²) in [5.74, 6) is 0. The highest BCUT2D eigenvalue weighted by Gasteiger charge is 2.53. The van der Waals surface area contributed by atoms with Gasteiger partial charge in [-0.2, -0.15) is 0 Å². The highest BCUT2D eigenvalue weighted by atomic mass is 16.6. The number of ether oxygens (including phenoxy) is 1. The molecule has 0 amide bonds. The van der Waals surface area contributed by atoms with Crippen LogP contribution in [0.2, 0.25) is 0 Å². The molecule has 1 heterocycles. The molecular weight excluding hydrogens is 212 g/mol. The van der Waals surface area contributed by atoms with Crippen LogP contribution in [-0.2, 0) is 10.3 Å². The van der Waals surface area contributed by atoms with E-state index in [2.05, 4.69) is 0 Å². The molecule has 0 radical (unpaired) electrons. The first-order valence-corrected chi connectivity index (χ1v) is 5.75. The maximum Gasteiger partial charge on any atom is 0.146 e. The van der Waals surface area contributed by atoms with Gasteiger partial charge in [0.2, 0.25) is 0 Å². The molecule has 2 nitrogen and oxygen atoms in total. The van der Waals surface area contributed by atoms with Crippen molar-refractivity contribution < 1.29 is 9.84 Å². The summed E-state index contributed by atoms with van der Waals surface area (Å²) in [6.45, 7) is 0.576. The second-order valence-electron chi connectivity index (χ2n) is 4.36. The van der Waals surface area contributed by atoms with Crippen LogP contribution < -0.4 is 0 Å². The van der Waals surface area contributed by atoms with Crippen molar-refractivity contribution in [1.29, 1.82) is 0 Å². The summed E-state index contributed by atoms with van der Waals surface area (Å²) >= 11 is 0. The molecule has 2 aromatic rings. The first-order chi connectivity index (χ1) is 8.33. The lowest BCUT2D eigenvalue weighted by Crippen LogP contribution is -2.19. The molecule has 0 aliphatic carbocycles. The number of epoxide rings is 1. The molecule has 1 fully saturated rings. The van der Waals surface area contributed by atoms with Crippen molar-refractivity contribution in [2.45, 2.75) is 11.7 Å². The van der Waals surface area contributed by atoms with Crippen molar-refractivity contribution in [2.24, 2.45) is 0 Å². The summed E-state index contributed by atoms with van der Waals surface area (Å²) in [6.07, 6.45) is -0.605. The van der Waals surface area contributed by atoms with Gasteiger partial charge in [0.25, 0.3) is 0 Å². The van der Waals surface area contributed by atoms with Gasteiger partial charge >= 0.3 is 0 Å². The molecule has 2 atom stereocenters. The first-order valence-electron chi connectivity index (χ1n) is 5.75. The fraction of sp³-hybridized carbons (Fsp3) is 0.200. The van der Waals surface area contributed by atoms with Gasteiger partial charge in [-0.3, -0.25) is 0 Å². The van der Waals surface area contributed by atoms with Gasteiger partial charge in [0.1, 0.15) is 11.7 Å². The molecule has 1 saturated heterocycles. The lowest BCUT2D eigenvalue weighted by Gasteiger charge is -2.19. The molecule has 0 aromatic heterocycles. The van der Waals surface area contributed by atoms with E-state index >= 15 is 0 Å². The van der Waals surface area contributed by atoms with Crippen molar-refractivity contribution in [2.75, 3.05) is 6.61 Å². The van der Waals surface area contributed by atoms with Crippen molar-refractivity contribution >= 4 is 0 Å². The summed E-state index contributed by atoms with van der Waals surface area (Å²) in [6, 6.07) is 19.6. The lowest BCUT2D eigenvalue weighted by atomic mass is 9.90. The molecule has 1 aliphatic rings. The number of aliphatic hydroxyl groups excluding tert-OH is 1. The van der Waals surface area contributed by atoms with E-state index in [0.29, 0.717) is 6.61 Å². The normalized spacial score (nSPS) is 24.3. The van der Waals surface area contributed by atoms with E-state index in [0.717, 1.165) is 11.1 Å². The Morgan fingerprint density at radius 2 is 1.47 bits per heavy atom. The van der Waals surface area contributed by atoms with Crippen LogP contribution in [0, 0.1) is 0 Å². The van der Waals surface area contributed by atoms with Gasteiger partial charge in [-0.25, -0.2) is 0 Å². The Morgan fingerprint density at radius 3 is 2.00 bits per heavy atom. The quantitative estimate of drug-likeness (QED) is 0.816. The Labute approximate surface area is 100 Å². The van der Waals surface area contributed by atoms with Gasteiger partial charge in [0.05, 0.1) is 6.61 Å². The van der Waals surface area contributed by atoms with E-state index in [1.807, 2.05) is 60.7 Å². The molecule has 1 aliphatic heterocycles. The average molecular weight is 226 g/mol. The molecule has 17 heavy (non-hydrogen) atoms. The zero-order chi connectivity index (χ0) is 11.7. The van der Waals surface area contributed by atoms with Crippen molar-refractivity contribution in [3.63, 3.8) is 0 Å². The topological polar surface area (TPSA) is 32.8 Å². The Balaban J connectivity index is 1.95. The second kappa shape index (κ2) is 3.99. The Morgan fingerprint density at radius 1 is 0.941 bits per heavy atom. The summed E-state index contributed by atoms with van der Waals surface area (Å²) in [5.41, 5.74) is 1.40. The molecule has 0 bridgehead atoms. The molecule has 2 aromatic carbocycles. The summed E-state index contributed by atoms with van der Waals surface area (Å²) in [5, 5.41) is 10.4. The van der Waals surface area contributed by atoms with Gasteiger partial charge in [-0.1, -0.05) is 60.7 Å². The van der Waals surface area contributed by atoms with E-state index in [4.69, 9.17) is 4.74 Å². The Hall–Kier alpha value is -1.64. The molecule has 0 saturated carbocycles. The highest BCUT2D eigenvalue weighted by Crippen LogP contribution is 2.48. The Bertz CT molecular complexity index is 489. The van der Waals surface area contributed by atoms with Crippen LogP contribution in [0.4, 0.5) is 0 Å². The third kappa shape index (κ3) is 1.75. The van der Waals surface area contributed by atoms with Crippen LogP contribution >= 0.6 is 0 Å². The molecule has 86 valence electrons. The van der Waals surface area contributed by atoms with Crippen LogP contribution in [0.15, 0.2) is 60.7 Å². The predicted octanol–water partition coefficient (Wildman–Crippen LogP) is 2.65. The molecule has 2 heteroatoms. The van der Waals surface area contributed by atoms with Crippen LogP contribution in [0.3, 0.4) is 0 Å². The Kier molecular flexibility index (Phi) is 2.46. The minimum Gasteiger partial charge on any atom is -0.385 e. The standard InChI is InChI=1S/C15H14O2/c16-14(12-7-3-1-4-8-12)15(11-17-15)13-9-5-2-6-10-13/h1-10,14,16H,11H2/t14-,15+/m0/s1. The van der Waals surface area contributed by atoms with E-state index < -0.39 is 11.7 Å². The number of hydrogen-bond acceptors (Lipinski definition) is 2. The van der Waals surface area contributed by atoms with E-state index in [-0.39, 0.29) is 0 Å². The third-order valence-corrected chi connectivity index (χ3v) is 3.27. The second-order valence-corrected chi connectivity index (χ2v) is 4.36. The van der Waals surface area contributed by atoms with Crippen LogP contribution in [0.1, 0.15) is 17.2 Å². The molecule has 0 spiro atoms. The fourth-order valence-corrected chi connectivity index (χ4v) is 2.18. The maximum atomic E-state index is 10.4.